The summed E-state index contributed by atoms with van der Waals surface area (Å²) in [7, 11) is 1.95. The molecule has 1 saturated carbocycles. The van der Waals surface area contributed by atoms with Gasteiger partial charge in [0, 0.05) is 18.3 Å². The first-order chi connectivity index (χ1) is 21.3. The number of amides is 2. The third-order valence-electron chi connectivity index (χ3n) is 9.55. The van der Waals surface area contributed by atoms with Crippen LogP contribution in [0.2, 0.25) is 0 Å². The van der Waals surface area contributed by atoms with E-state index in [-0.39, 0.29) is 23.2 Å². The zero-order chi connectivity index (χ0) is 32.4. The van der Waals surface area contributed by atoms with Crippen molar-refractivity contribution < 1.29 is 19.7 Å². The molecule has 1 aliphatic carbocycles. The maximum absolute atomic E-state index is 12.6. The average Bonchev–Trinajstić information content (AvgIpc) is 3.50. The monoisotopic (exact) mass is 626 g/mol. The third kappa shape index (κ3) is 7.98. The zero-order valence-corrected chi connectivity index (χ0v) is 27.6. The number of aliphatic hydroxyl groups is 2. The van der Waals surface area contributed by atoms with Crippen LogP contribution >= 0.6 is 0 Å². The van der Waals surface area contributed by atoms with Crippen molar-refractivity contribution in [1.82, 2.24) is 25.1 Å². The summed E-state index contributed by atoms with van der Waals surface area (Å²) in [5.74, 6) is 0.746. The normalized spacial score (nSPS) is 27.4. The maximum Gasteiger partial charge on any atom is 0.319 e. The van der Waals surface area contributed by atoms with Crippen LogP contribution in [-0.4, -0.2) is 80.8 Å². The molecule has 250 valence electrons. The number of carbonyl (C=O) groups is 1. The van der Waals surface area contributed by atoms with Crippen molar-refractivity contribution in [3.05, 3.63) is 41.9 Å². The number of nitrogens with one attached hydrogen (secondary N) is 4. The molecule has 5 rings (SSSR count). The number of rotatable bonds is 8. The number of hydrogen-bond acceptors (Lipinski definition) is 9. The lowest BCUT2D eigenvalue weighted by atomic mass is 9.87. The smallest absolute Gasteiger partial charge is 0.319 e. The molecule has 6 atom stereocenters. The first-order valence-corrected chi connectivity index (χ1v) is 16.6. The maximum atomic E-state index is 12.6. The Bertz CT molecular complexity index is 1270. The van der Waals surface area contributed by atoms with Gasteiger partial charge in [-0.2, -0.15) is 0 Å². The van der Waals surface area contributed by atoms with Crippen molar-refractivity contribution in [3.8, 4) is 0 Å². The van der Waals surface area contributed by atoms with Gasteiger partial charge in [-0.25, -0.2) is 9.78 Å². The SMILES string of the molecule is C[C@@H](CCN(C)CC1OC(n2cnc3c2NC2(CCCCCCC2)NC3N)[C@H](O)[C@@H]1O)NC(=O)Nc1ccc(C(C)(C)C)cc1. The Hall–Kier alpha value is -2.74. The van der Waals surface area contributed by atoms with Crippen LogP contribution in [0.4, 0.5) is 16.3 Å². The van der Waals surface area contributed by atoms with Crippen LogP contribution in [0.15, 0.2) is 30.6 Å². The van der Waals surface area contributed by atoms with Crippen molar-refractivity contribution in [1.29, 1.82) is 0 Å². The van der Waals surface area contributed by atoms with Crippen LogP contribution in [0.5, 0.6) is 0 Å². The van der Waals surface area contributed by atoms with Crippen molar-refractivity contribution >= 4 is 17.5 Å². The molecule has 2 aromatic rings. The Morgan fingerprint density at radius 3 is 2.49 bits per heavy atom. The first-order valence-electron chi connectivity index (χ1n) is 16.6. The first kappa shape index (κ1) is 33.6. The molecule has 2 amide bonds. The fourth-order valence-corrected chi connectivity index (χ4v) is 6.77. The lowest BCUT2D eigenvalue weighted by Gasteiger charge is -2.44. The molecule has 3 heterocycles. The third-order valence-corrected chi connectivity index (χ3v) is 9.55. The highest BCUT2D eigenvalue weighted by molar-refractivity contribution is 5.89. The number of carbonyl (C=O) groups excluding carboxylic acids is 1. The minimum Gasteiger partial charge on any atom is -0.387 e. The van der Waals surface area contributed by atoms with Gasteiger partial charge in [0.05, 0.1) is 12.0 Å². The highest BCUT2D eigenvalue weighted by Gasteiger charge is 2.47. The molecule has 1 spiro atoms. The number of ether oxygens (including phenoxy) is 1. The number of fused-ring (bicyclic) bond motifs is 1. The number of imidazole rings is 1. The van der Waals surface area contributed by atoms with Crippen LogP contribution in [0.1, 0.15) is 103 Å². The highest BCUT2D eigenvalue weighted by atomic mass is 16.6. The summed E-state index contributed by atoms with van der Waals surface area (Å²) in [5.41, 5.74) is 8.90. The van der Waals surface area contributed by atoms with Gasteiger partial charge in [0.25, 0.3) is 0 Å². The number of urea groups is 1. The molecule has 0 bridgehead atoms. The number of anilines is 2. The van der Waals surface area contributed by atoms with Crippen LogP contribution < -0.4 is 27.0 Å². The number of nitrogens with zero attached hydrogens (tertiary/aromatic N) is 3. The van der Waals surface area contributed by atoms with E-state index in [0.717, 1.165) is 37.2 Å². The van der Waals surface area contributed by atoms with Gasteiger partial charge in [-0.1, -0.05) is 52.2 Å². The van der Waals surface area contributed by atoms with Gasteiger partial charge >= 0.3 is 6.03 Å². The summed E-state index contributed by atoms with van der Waals surface area (Å²) in [6.45, 7) is 9.53. The Morgan fingerprint density at radius 1 is 1.16 bits per heavy atom. The molecule has 3 unspecified atom stereocenters. The molecule has 1 saturated heterocycles. The van der Waals surface area contributed by atoms with Crippen LogP contribution in [-0.2, 0) is 10.2 Å². The van der Waals surface area contributed by atoms with E-state index in [1.165, 1.54) is 24.8 Å². The highest BCUT2D eigenvalue weighted by Crippen LogP contribution is 2.39. The van der Waals surface area contributed by atoms with E-state index in [1.807, 2.05) is 38.2 Å². The zero-order valence-electron chi connectivity index (χ0n) is 27.6. The molecule has 2 fully saturated rings. The fraction of sp³-hybridized carbons (Fsp3) is 0.697. The number of nitrogens with two attached hydrogens (primary N) is 1. The van der Waals surface area contributed by atoms with E-state index in [0.29, 0.717) is 25.2 Å². The molecule has 12 heteroatoms. The molecule has 1 aromatic heterocycles. The number of likely N-dealkylation sites (N-methyl/N-ethyl adjacent to an activating group) is 1. The van der Waals surface area contributed by atoms with E-state index in [4.69, 9.17) is 10.5 Å². The van der Waals surface area contributed by atoms with Crippen LogP contribution in [0, 0.1) is 0 Å². The van der Waals surface area contributed by atoms with Gasteiger partial charge in [0.15, 0.2) is 6.23 Å². The summed E-state index contributed by atoms with van der Waals surface area (Å²) in [6.07, 6.45) is 6.13. The topological polar surface area (TPSA) is 162 Å². The van der Waals surface area contributed by atoms with Crippen LogP contribution in [0.3, 0.4) is 0 Å². The molecule has 1 aromatic carbocycles. The molecule has 2 aliphatic heterocycles. The molecular weight excluding hydrogens is 572 g/mol. The van der Waals surface area contributed by atoms with E-state index in [9.17, 15) is 15.0 Å². The summed E-state index contributed by atoms with van der Waals surface area (Å²) in [5, 5.41) is 35.2. The summed E-state index contributed by atoms with van der Waals surface area (Å²) < 4.78 is 8.09. The number of benzene rings is 1. The molecule has 3 aliphatic rings. The standard InChI is InChI=1S/C33H54N8O4/c1-21(36-31(44)37-23-13-11-22(12-14-23)32(2,3)4)15-18-40(5)19-24-26(42)27(43)30(45-24)41-20-35-25-28(34)38-33(39-29(25)41)16-9-7-6-8-10-17-33/h11-14,20-21,24,26-28,30,38-39,42-43H,6-10,15-19,34H2,1-5H3,(H2,36,37,44)/t21-,24?,26+,27+,28?,30?/m0/s1. The van der Waals surface area contributed by atoms with Crippen molar-refractivity contribution in [3.63, 3.8) is 0 Å². The number of hydrogen-bond donors (Lipinski definition) is 7. The van der Waals surface area contributed by atoms with Gasteiger partial charge in [-0.15, -0.1) is 0 Å². The van der Waals surface area contributed by atoms with Crippen LogP contribution in [0.25, 0.3) is 0 Å². The second-order valence-electron chi connectivity index (χ2n) is 14.4. The molecule has 8 N–H and O–H groups in total. The lowest BCUT2D eigenvalue weighted by Crippen LogP contribution is -2.58. The molecule has 45 heavy (non-hydrogen) atoms. The number of aromatic nitrogens is 2. The molecule has 12 nitrogen and oxygen atoms in total. The van der Waals surface area contributed by atoms with Crippen molar-refractivity contribution in [2.75, 3.05) is 30.8 Å². The van der Waals surface area contributed by atoms with E-state index in [2.05, 4.69) is 51.9 Å². The summed E-state index contributed by atoms with van der Waals surface area (Å²) >= 11 is 0. The quantitative estimate of drug-likeness (QED) is 0.231. The Morgan fingerprint density at radius 2 is 1.82 bits per heavy atom. The van der Waals surface area contributed by atoms with E-state index in [1.54, 1.807) is 10.9 Å². The minimum atomic E-state index is -1.12. The van der Waals surface area contributed by atoms with Gasteiger partial charge < -0.3 is 41.5 Å². The Balaban J connectivity index is 1.12. The van der Waals surface area contributed by atoms with Crippen molar-refractivity contribution in [2.24, 2.45) is 5.73 Å². The Kier molecular flexibility index (Phi) is 10.4. The van der Waals surface area contributed by atoms with Gasteiger partial charge in [0.2, 0.25) is 0 Å². The van der Waals surface area contributed by atoms with E-state index >= 15 is 0 Å². The van der Waals surface area contributed by atoms with E-state index < -0.39 is 30.7 Å². The summed E-state index contributed by atoms with van der Waals surface area (Å²) in [4.78, 5) is 19.2. The van der Waals surface area contributed by atoms with Crippen molar-refractivity contribution in [2.45, 2.75) is 127 Å². The van der Waals surface area contributed by atoms with Gasteiger partial charge in [-0.05, 0) is 75.7 Å². The largest absolute Gasteiger partial charge is 0.387 e. The number of aliphatic hydroxyl groups excluding tert-OH is 2. The Labute approximate surface area is 267 Å². The summed E-state index contributed by atoms with van der Waals surface area (Å²) in [6, 6.07) is 7.59. The second kappa shape index (κ2) is 13.9. The van der Waals surface area contributed by atoms with Gasteiger partial charge in [-0.3, -0.25) is 9.88 Å². The fourth-order valence-electron chi connectivity index (χ4n) is 6.77. The predicted octanol–water partition coefficient (Wildman–Crippen LogP) is 3.74. The second-order valence-corrected chi connectivity index (χ2v) is 14.4. The lowest BCUT2D eigenvalue weighted by molar-refractivity contribution is -0.0435. The minimum absolute atomic E-state index is 0.0545. The average molecular weight is 627 g/mol. The molecular formula is C33H54N8O4. The van der Waals surface area contributed by atoms with Gasteiger partial charge in [0.1, 0.15) is 36.0 Å². The molecule has 0 radical (unpaired) electrons. The predicted molar refractivity (Wildman–Crippen MR) is 176 cm³/mol.